The van der Waals surface area contributed by atoms with Crippen molar-refractivity contribution in [2.45, 2.75) is 26.1 Å². The second-order valence-corrected chi connectivity index (χ2v) is 5.97. The monoisotopic (exact) mass is 374 g/mol. The van der Waals surface area contributed by atoms with E-state index in [-0.39, 0.29) is 0 Å². The number of nitrogens with zero attached hydrogens (tertiary/aromatic N) is 2. The van der Waals surface area contributed by atoms with E-state index >= 15 is 0 Å². The number of guanidine groups is 1. The van der Waals surface area contributed by atoms with E-state index in [9.17, 15) is 13.2 Å². The summed E-state index contributed by atoms with van der Waals surface area (Å²) >= 11 is 0. The normalized spacial score (nSPS) is 12.5. The molecule has 0 aromatic heterocycles. The van der Waals surface area contributed by atoms with Crippen LogP contribution in [0.2, 0.25) is 0 Å². The Morgan fingerprint density at radius 3 is 2.42 bits per heavy atom. The fourth-order valence-corrected chi connectivity index (χ4v) is 2.27. The van der Waals surface area contributed by atoms with Gasteiger partial charge in [-0.3, -0.25) is 0 Å². The zero-order valence-corrected chi connectivity index (χ0v) is 15.7. The summed E-state index contributed by atoms with van der Waals surface area (Å²) in [6.45, 7) is 6.27. The van der Waals surface area contributed by atoms with Crippen LogP contribution in [0.15, 0.2) is 29.3 Å². The molecule has 26 heavy (non-hydrogen) atoms. The van der Waals surface area contributed by atoms with E-state index in [2.05, 4.69) is 20.5 Å². The first kappa shape index (κ1) is 22.2. The molecule has 0 spiro atoms. The Hall–Kier alpha value is -1.80. The minimum atomic E-state index is -4.31. The van der Waals surface area contributed by atoms with Crippen molar-refractivity contribution >= 4 is 5.96 Å². The van der Waals surface area contributed by atoms with Gasteiger partial charge in [-0.1, -0.05) is 12.1 Å². The Kier molecular flexibility index (Phi) is 10.0. The van der Waals surface area contributed by atoms with Crippen molar-refractivity contribution < 1.29 is 17.9 Å². The number of aliphatic imine (C=N–C) groups is 1. The molecule has 0 unspecified atom stereocenters. The first-order chi connectivity index (χ1) is 12.4. The van der Waals surface area contributed by atoms with Crippen LogP contribution in [-0.2, 0) is 17.5 Å². The number of halogens is 3. The summed E-state index contributed by atoms with van der Waals surface area (Å²) in [6.07, 6.45) is -3.33. The first-order valence-electron chi connectivity index (χ1n) is 8.72. The molecule has 5 nitrogen and oxygen atoms in total. The van der Waals surface area contributed by atoms with Crippen molar-refractivity contribution in [2.24, 2.45) is 4.99 Å². The molecule has 1 aromatic rings. The van der Waals surface area contributed by atoms with Gasteiger partial charge in [-0.15, -0.1) is 0 Å². The number of ether oxygens (including phenoxy) is 1. The van der Waals surface area contributed by atoms with E-state index in [4.69, 9.17) is 4.74 Å². The number of benzene rings is 1. The van der Waals surface area contributed by atoms with Crippen LogP contribution >= 0.6 is 0 Å². The molecule has 0 heterocycles. The second-order valence-electron chi connectivity index (χ2n) is 5.97. The minimum Gasteiger partial charge on any atom is -0.385 e. The largest absolute Gasteiger partial charge is 0.416 e. The highest BCUT2D eigenvalue weighted by atomic mass is 19.4. The van der Waals surface area contributed by atoms with E-state index in [1.54, 1.807) is 7.11 Å². The molecule has 0 radical (unpaired) electrons. The lowest BCUT2D eigenvalue weighted by molar-refractivity contribution is -0.137. The van der Waals surface area contributed by atoms with Gasteiger partial charge >= 0.3 is 6.18 Å². The smallest absolute Gasteiger partial charge is 0.385 e. The first-order valence-corrected chi connectivity index (χ1v) is 8.72. The zero-order chi connectivity index (χ0) is 19.4. The summed E-state index contributed by atoms with van der Waals surface area (Å²) in [5, 5.41) is 6.37. The highest BCUT2D eigenvalue weighted by Gasteiger charge is 2.29. The Morgan fingerprint density at radius 2 is 1.85 bits per heavy atom. The van der Waals surface area contributed by atoms with E-state index in [1.807, 2.05) is 14.0 Å². The summed E-state index contributed by atoms with van der Waals surface area (Å²) < 4.78 is 42.8. The molecular weight excluding hydrogens is 345 g/mol. The van der Waals surface area contributed by atoms with Crippen LogP contribution in [0.5, 0.6) is 0 Å². The average Bonchev–Trinajstić information content (AvgIpc) is 2.59. The van der Waals surface area contributed by atoms with Gasteiger partial charge in [0.15, 0.2) is 5.96 Å². The Labute approximate surface area is 153 Å². The van der Waals surface area contributed by atoms with Crippen LogP contribution < -0.4 is 10.6 Å². The minimum absolute atomic E-state index is 0.317. The third-order valence-electron chi connectivity index (χ3n) is 3.72. The molecule has 1 rings (SSSR count). The maximum Gasteiger partial charge on any atom is 0.416 e. The highest BCUT2D eigenvalue weighted by molar-refractivity contribution is 5.79. The topological polar surface area (TPSA) is 48.9 Å². The molecule has 0 fully saturated rings. The van der Waals surface area contributed by atoms with E-state index in [0.29, 0.717) is 19.0 Å². The fourth-order valence-electron chi connectivity index (χ4n) is 2.27. The number of likely N-dealkylation sites (N-methyl/N-ethyl adjacent to an activating group) is 1. The summed E-state index contributed by atoms with van der Waals surface area (Å²) in [5.74, 6) is 0.651. The lowest BCUT2D eigenvalue weighted by Crippen LogP contribution is -2.41. The lowest BCUT2D eigenvalue weighted by Gasteiger charge is -2.18. The van der Waals surface area contributed by atoms with Crippen molar-refractivity contribution in [2.75, 3.05) is 46.9 Å². The van der Waals surface area contributed by atoms with Crippen LogP contribution in [0, 0.1) is 0 Å². The Bertz CT molecular complexity index is 532. The number of rotatable bonds is 10. The summed E-state index contributed by atoms with van der Waals surface area (Å²) in [5.41, 5.74) is 0.0821. The molecule has 0 aliphatic heterocycles. The highest BCUT2D eigenvalue weighted by Crippen LogP contribution is 2.29. The van der Waals surface area contributed by atoms with Gasteiger partial charge in [0, 0.05) is 39.9 Å². The van der Waals surface area contributed by atoms with Crippen LogP contribution in [0.1, 0.15) is 24.5 Å². The number of methoxy groups -OCH3 is 1. The molecule has 0 saturated carbocycles. The Morgan fingerprint density at radius 1 is 1.15 bits per heavy atom. The van der Waals surface area contributed by atoms with Crippen molar-refractivity contribution in [1.82, 2.24) is 15.5 Å². The van der Waals surface area contributed by atoms with Crippen LogP contribution in [0.4, 0.5) is 13.2 Å². The second kappa shape index (κ2) is 11.7. The van der Waals surface area contributed by atoms with Gasteiger partial charge in [0.1, 0.15) is 0 Å². The van der Waals surface area contributed by atoms with Gasteiger partial charge in [-0.25, -0.2) is 4.99 Å². The molecular formula is C18H29F3N4O. The van der Waals surface area contributed by atoms with Crippen molar-refractivity contribution in [3.05, 3.63) is 35.4 Å². The van der Waals surface area contributed by atoms with Crippen LogP contribution in [0.3, 0.4) is 0 Å². The maximum atomic E-state index is 12.6. The molecule has 0 atom stereocenters. The molecule has 8 heteroatoms. The van der Waals surface area contributed by atoms with Crippen molar-refractivity contribution in [3.8, 4) is 0 Å². The fraction of sp³-hybridized carbons (Fsp3) is 0.611. The van der Waals surface area contributed by atoms with E-state index < -0.39 is 11.7 Å². The molecule has 0 saturated heterocycles. The summed E-state index contributed by atoms with van der Waals surface area (Å²) in [7, 11) is 3.74. The van der Waals surface area contributed by atoms with Gasteiger partial charge in [0.2, 0.25) is 0 Å². The van der Waals surface area contributed by atoms with E-state index in [0.717, 1.165) is 50.4 Å². The van der Waals surface area contributed by atoms with Crippen molar-refractivity contribution in [1.29, 1.82) is 0 Å². The maximum absolute atomic E-state index is 12.6. The van der Waals surface area contributed by atoms with Gasteiger partial charge in [0.05, 0.1) is 12.1 Å². The summed E-state index contributed by atoms with van der Waals surface area (Å²) in [6, 6.07) is 5.08. The number of nitrogens with one attached hydrogen (secondary N) is 2. The molecule has 1 aromatic carbocycles. The third-order valence-corrected chi connectivity index (χ3v) is 3.72. The van der Waals surface area contributed by atoms with Gasteiger partial charge in [-0.2, -0.15) is 13.2 Å². The predicted molar refractivity (Wildman–Crippen MR) is 98.3 cm³/mol. The van der Waals surface area contributed by atoms with E-state index in [1.165, 1.54) is 12.1 Å². The third kappa shape index (κ3) is 9.05. The van der Waals surface area contributed by atoms with Crippen LogP contribution in [0.25, 0.3) is 0 Å². The standard InChI is InChI=1S/C18H29F3N4O/c1-4-22-17(23-10-12-25(2)11-5-13-26-3)24-14-15-6-8-16(9-7-15)18(19,20)21/h6-9H,4-5,10-14H2,1-3H3,(H2,22,23,24). The molecule has 0 bridgehead atoms. The molecule has 0 aliphatic carbocycles. The SMILES string of the molecule is CCNC(=NCc1ccc(C(F)(F)F)cc1)NCCN(C)CCCOC. The quantitative estimate of drug-likeness (QED) is 0.376. The summed E-state index contributed by atoms with van der Waals surface area (Å²) in [4.78, 5) is 6.62. The van der Waals surface area contributed by atoms with Gasteiger partial charge in [0.25, 0.3) is 0 Å². The zero-order valence-electron chi connectivity index (χ0n) is 15.7. The Balaban J connectivity index is 2.47. The number of hydrogen-bond acceptors (Lipinski definition) is 3. The molecule has 0 aliphatic rings. The number of hydrogen-bond donors (Lipinski definition) is 2. The average molecular weight is 374 g/mol. The van der Waals surface area contributed by atoms with Crippen LogP contribution in [-0.4, -0.2) is 57.8 Å². The molecule has 0 amide bonds. The molecule has 148 valence electrons. The van der Waals surface area contributed by atoms with Crippen molar-refractivity contribution in [3.63, 3.8) is 0 Å². The number of alkyl halides is 3. The predicted octanol–water partition coefficient (Wildman–Crippen LogP) is 2.73. The lowest BCUT2D eigenvalue weighted by atomic mass is 10.1. The molecule has 2 N–H and O–H groups in total. The van der Waals surface area contributed by atoms with Gasteiger partial charge in [-0.05, 0) is 38.1 Å². The van der Waals surface area contributed by atoms with Gasteiger partial charge < -0.3 is 20.3 Å².